The van der Waals surface area contributed by atoms with Crippen LogP contribution >= 0.6 is 0 Å². The molecule has 0 saturated carbocycles. The van der Waals surface area contributed by atoms with Crippen molar-refractivity contribution in [3.63, 3.8) is 0 Å². The second-order valence-corrected chi connectivity index (χ2v) is 5.61. The second-order valence-electron chi connectivity index (χ2n) is 5.61. The molecule has 2 aromatic carbocycles. The second kappa shape index (κ2) is 7.09. The average Bonchev–Trinajstić information content (AvgIpc) is 2.57. The highest BCUT2D eigenvalue weighted by Crippen LogP contribution is 2.25. The van der Waals surface area contributed by atoms with Crippen LogP contribution in [0.5, 0.6) is 0 Å². The van der Waals surface area contributed by atoms with Crippen molar-refractivity contribution in [2.24, 2.45) is 0 Å². The average molecular weight is 295 g/mol. The Morgan fingerprint density at radius 1 is 1.00 bits per heavy atom. The Morgan fingerprint density at radius 2 is 1.77 bits per heavy atom. The van der Waals surface area contributed by atoms with E-state index in [1.807, 2.05) is 42.5 Å². The zero-order valence-corrected chi connectivity index (χ0v) is 12.5. The predicted octanol–water partition coefficient (Wildman–Crippen LogP) is 3.80. The van der Waals surface area contributed by atoms with Gasteiger partial charge in [0.25, 0.3) is 0 Å². The van der Waals surface area contributed by atoms with E-state index < -0.39 is 0 Å². The Morgan fingerprint density at radius 3 is 2.55 bits per heavy atom. The monoisotopic (exact) mass is 295 g/mol. The lowest BCUT2D eigenvalue weighted by Gasteiger charge is -2.23. The lowest BCUT2D eigenvalue weighted by Crippen LogP contribution is -2.28. The van der Waals surface area contributed by atoms with Crippen LogP contribution in [0.4, 0.5) is 16.2 Å². The summed E-state index contributed by atoms with van der Waals surface area (Å²) in [5, 5.41) is 9.15. The summed E-state index contributed by atoms with van der Waals surface area (Å²) in [6, 6.07) is 17.4. The molecular formula is C18H21N3O. The minimum absolute atomic E-state index is 0.217. The standard InChI is InChI=1S/C18H21N3O/c22-18(20-16-8-2-1-3-9-16)21-17-10-4-6-14(12-17)15-7-5-11-19-13-15/h1-4,6,8-10,12,15,19H,5,7,11,13H2,(H2,20,21,22). The van der Waals surface area contributed by atoms with E-state index in [9.17, 15) is 4.79 Å². The van der Waals surface area contributed by atoms with E-state index in [-0.39, 0.29) is 6.03 Å². The van der Waals surface area contributed by atoms with Crippen molar-refractivity contribution < 1.29 is 4.79 Å². The molecule has 2 aromatic rings. The summed E-state index contributed by atoms with van der Waals surface area (Å²) in [4.78, 5) is 12.0. The maximum absolute atomic E-state index is 12.0. The Hall–Kier alpha value is -2.33. The van der Waals surface area contributed by atoms with E-state index in [0.717, 1.165) is 24.5 Å². The maximum atomic E-state index is 12.0. The van der Waals surface area contributed by atoms with Gasteiger partial charge in [-0.3, -0.25) is 0 Å². The number of benzene rings is 2. The van der Waals surface area contributed by atoms with Crippen LogP contribution in [0.3, 0.4) is 0 Å². The number of piperidine rings is 1. The molecule has 1 unspecified atom stereocenters. The zero-order valence-electron chi connectivity index (χ0n) is 12.5. The van der Waals surface area contributed by atoms with E-state index in [1.54, 1.807) is 0 Å². The van der Waals surface area contributed by atoms with Gasteiger partial charge in [-0.1, -0.05) is 30.3 Å². The smallest absolute Gasteiger partial charge is 0.316 e. The molecule has 2 amide bonds. The predicted molar refractivity (Wildman–Crippen MR) is 90.4 cm³/mol. The molecule has 114 valence electrons. The van der Waals surface area contributed by atoms with Gasteiger partial charge in [0.05, 0.1) is 0 Å². The third-order valence-corrected chi connectivity index (χ3v) is 3.94. The van der Waals surface area contributed by atoms with Crippen LogP contribution in [0.25, 0.3) is 0 Å². The van der Waals surface area contributed by atoms with Crippen molar-refractivity contribution in [1.29, 1.82) is 0 Å². The van der Waals surface area contributed by atoms with Crippen molar-refractivity contribution >= 4 is 17.4 Å². The molecule has 1 fully saturated rings. The molecule has 3 N–H and O–H groups in total. The molecule has 22 heavy (non-hydrogen) atoms. The van der Waals surface area contributed by atoms with Crippen LogP contribution < -0.4 is 16.0 Å². The quantitative estimate of drug-likeness (QED) is 0.806. The Kier molecular flexibility index (Phi) is 4.71. The van der Waals surface area contributed by atoms with Crippen LogP contribution in [-0.2, 0) is 0 Å². The molecule has 1 aliphatic rings. The largest absolute Gasteiger partial charge is 0.323 e. The molecule has 0 radical (unpaired) electrons. The summed E-state index contributed by atoms with van der Waals surface area (Å²) < 4.78 is 0. The van der Waals surface area contributed by atoms with Gasteiger partial charge in [0.15, 0.2) is 0 Å². The SMILES string of the molecule is O=C(Nc1ccccc1)Nc1cccc(C2CCCNC2)c1. The van der Waals surface area contributed by atoms with Crippen LogP contribution in [-0.4, -0.2) is 19.1 Å². The Bertz CT molecular complexity index is 621. The fourth-order valence-corrected chi connectivity index (χ4v) is 2.82. The van der Waals surface area contributed by atoms with Gasteiger partial charge in [0, 0.05) is 17.9 Å². The van der Waals surface area contributed by atoms with E-state index >= 15 is 0 Å². The molecule has 1 aliphatic heterocycles. The number of carbonyl (C=O) groups excluding carboxylic acids is 1. The van der Waals surface area contributed by atoms with Gasteiger partial charge in [-0.2, -0.15) is 0 Å². The van der Waals surface area contributed by atoms with Crippen molar-refractivity contribution in [3.05, 3.63) is 60.2 Å². The van der Waals surface area contributed by atoms with Gasteiger partial charge in [-0.05, 0) is 55.1 Å². The number of carbonyl (C=O) groups is 1. The van der Waals surface area contributed by atoms with Gasteiger partial charge in [0.2, 0.25) is 0 Å². The summed E-state index contributed by atoms with van der Waals surface area (Å²) in [6.45, 7) is 2.12. The molecule has 1 heterocycles. The first kappa shape index (κ1) is 14.6. The van der Waals surface area contributed by atoms with Crippen molar-refractivity contribution in [2.75, 3.05) is 23.7 Å². The van der Waals surface area contributed by atoms with Crippen molar-refractivity contribution in [1.82, 2.24) is 5.32 Å². The fourth-order valence-electron chi connectivity index (χ4n) is 2.82. The Labute approximate surface area is 130 Å². The zero-order chi connectivity index (χ0) is 15.2. The third-order valence-electron chi connectivity index (χ3n) is 3.94. The lowest BCUT2D eigenvalue weighted by molar-refractivity contribution is 0.262. The number of para-hydroxylation sites is 1. The van der Waals surface area contributed by atoms with Crippen LogP contribution in [0.1, 0.15) is 24.3 Å². The summed E-state index contributed by atoms with van der Waals surface area (Å²) in [6.07, 6.45) is 2.41. The first-order valence-electron chi connectivity index (χ1n) is 7.75. The fraction of sp³-hybridized carbons (Fsp3) is 0.278. The molecule has 1 atom stereocenters. The minimum Gasteiger partial charge on any atom is -0.316 e. The molecule has 0 aromatic heterocycles. The van der Waals surface area contributed by atoms with Gasteiger partial charge in [-0.25, -0.2) is 4.79 Å². The lowest BCUT2D eigenvalue weighted by atomic mass is 9.91. The summed E-state index contributed by atoms with van der Waals surface area (Å²) in [5.74, 6) is 0.535. The van der Waals surface area contributed by atoms with E-state index in [1.165, 1.54) is 18.4 Å². The molecule has 0 bridgehead atoms. The molecule has 3 rings (SSSR count). The number of rotatable bonds is 3. The first-order chi connectivity index (χ1) is 10.8. The van der Waals surface area contributed by atoms with E-state index in [2.05, 4.69) is 28.1 Å². The van der Waals surface area contributed by atoms with Crippen molar-refractivity contribution in [3.8, 4) is 0 Å². The highest BCUT2D eigenvalue weighted by atomic mass is 16.2. The summed E-state index contributed by atoms with van der Waals surface area (Å²) >= 11 is 0. The van der Waals surface area contributed by atoms with E-state index in [0.29, 0.717) is 5.92 Å². The number of hydrogen-bond donors (Lipinski definition) is 3. The highest BCUT2D eigenvalue weighted by molar-refractivity contribution is 5.99. The van der Waals surface area contributed by atoms with Gasteiger partial charge < -0.3 is 16.0 Å². The number of hydrogen-bond acceptors (Lipinski definition) is 2. The molecule has 0 spiro atoms. The summed E-state index contributed by atoms with van der Waals surface area (Å²) in [7, 11) is 0. The van der Waals surface area contributed by atoms with Crippen LogP contribution in [0, 0.1) is 0 Å². The van der Waals surface area contributed by atoms with Gasteiger partial charge in [0.1, 0.15) is 0 Å². The van der Waals surface area contributed by atoms with E-state index in [4.69, 9.17) is 0 Å². The number of urea groups is 1. The maximum Gasteiger partial charge on any atom is 0.323 e. The molecule has 1 saturated heterocycles. The third kappa shape index (κ3) is 3.86. The first-order valence-corrected chi connectivity index (χ1v) is 7.75. The summed E-state index contributed by atoms with van der Waals surface area (Å²) in [5.41, 5.74) is 2.90. The molecular weight excluding hydrogens is 274 g/mol. The van der Waals surface area contributed by atoms with Crippen molar-refractivity contribution in [2.45, 2.75) is 18.8 Å². The number of anilines is 2. The van der Waals surface area contributed by atoms with Crippen LogP contribution in [0.2, 0.25) is 0 Å². The van der Waals surface area contributed by atoms with Crippen LogP contribution in [0.15, 0.2) is 54.6 Å². The Balaban J connectivity index is 1.63. The molecule has 0 aliphatic carbocycles. The topological polar surface area (TPSA) is 53.2 Å². The number of nitrogens with one attached hydrogen (secondary N) is 3. The van der Waals surface area contributed by atoms with Gasteiger partial charge >= 0.3 is 6.03 Å². The number of amides is 2. The molecule has 4 nitrogen and oxygen atoms in total. The van der Waals surface area contributed by atoms with Gasteiger partial charge in [-0.15, -0.1) is 0 Å². The highest BCUT2D eigenvalue weighted by Gasteiger charge is 2.15. The molecule has 4 heteroatoms. The minimum atomic E-state index is -0.217. The normalized spacial score (nSPS) is 17.7.